The third-order valence-corrected chi connectivity index (χ3v) is 8.97. The van der Waals surface area contributed by atoms with Crippen molar-refractivity contribution < 1.29 is 18.0 Å². The minimum Gasteiger partial charge on any atom is -0.352 e. The Bertz CT molecular complexity index is 1400. The van der Waals surface area contributed by atoms with E-state index in [2.05, 4.69) is 5.32 Å². The second-order valence-corrected chi connectivity index (χ2v) is 12.1. The van der Waals surface area contributed by atoms with Crippen molar-refractivity contribution in [1.82, 2.24) is 10.2 Å². The van der Waals surface area contributed by atoms with Gasteiger partial charge in [-0.05, 0) is 63.1 Å². The molecular weight excluding hydrogens is 557 g/mol. The van der Waals surface area contributed by atoms with E-state index in [0.717, 1.165) is 21.9 Å². The molecule has 0 bridgehead atoms. The lowest BCUT2D eigenvalue weighted by atomic mass is 10.1. The van der Waals surface area contributed by atoms with Gasteiger partial charge in [0, 0.05) is 12.6 Å². The molecule has 0 aliphatic rings. The van der Waals surface area contributed by atoms with Crippen LogP contribution in [0.4, 0.5) is 5.69 Å². The van der Waals surface area contributed by atoms with Gasteiger partial charge in [-0.2, -0.15) is 0 Å². The summed E-state index contributed by atoms with van der Waals surface area (Å²) in [5, 5.41) is 3.31. The Labute approximate surface area is 240 Å². The number of amides is 2. The van der Waals surface area contributed by atoms with E-state index in [1.54, 1.807) is 25.1 Å². The first-order valence-electron chi connectivity index (χ1n) is 12.6. The van der Waals surface area contributed by atoms with Crippen LogP contribution < -0.4 is 9.62 Å². The van der Waals surface area contributed by atoms with Gasteiger partial charge in [0.2, 0.25) is 11.8 Å². The van der Waals surface area contributed by atoms with Gasteiger partial charge in [0.1, 0.15) is 12.6 Å². The molecule has 0 saturated carbocycles. The molecule has 3 aromatic carbocycles. The van der Waals surface area contributed by atoms with Gasteiger partial charge < -0.3 is 10.2 Å². The van der Waals surface area contributed by atoms with E-state index >= 15 is 0 Å². The summed E-state index contributed by atoms with van der Waals surface area (Å²) in [6.07, 6.45) is 0.727. The average Bonchev–Trinajstić information content (AvgIpc) is 2.92. The zero-order valence-electron chi connectivity index (χ0n) is 22.4. The highest BCUT2D eigenvalue weighted by Crippen LogP contribution is 2.31. The summed E-state index contributed by atoms with van der Waals surface area (Å²) in [4.78, 5) is 28.4. The maximum absolute atomic E-state index is 13.9. The zero-order chi connectivity index (χ0) is 28.7. The van der Waals surface area contributed by atoms with Crippen LogP contribution in [0, 0.1) is 6.92 Å². The molecule has 0 aliphatic carbocycles. The molecule has 0 fully saturated rings. The number of rotatable bonds is 11. The second kappa shape index (κ2) is 13.3. The summed E-state index contributed by atoms with van der Waals surface area (Å²) in [5.74, 6) is -0.871. The normalized spacial score (nSPS) is 12.9. The Morgan fingerprint density at radius 1 is 0.923 bits per heavy atom. The van der Waals surface area contributed by atoms with Crippen molar-refractivity contribution in [2.45, 2.75) is 57.6 Å². The second-order valence-electron chi connectivity index (χ2n) is 9.42. The number of hydrogen-bond donors (Lipinski definition) is 1. The van der Waals surface area contributed by atoms with Gasteiger partial charge >= 0.3 is 0 Å². The van der Waals surface area contributed by atoms with Gasteiger partial charge in [-0.25, -0.2) is 8.42 Å². The lowest BCUT2D eigenvalue weighted by Crippen LogP contribution is -2.52. The molecule has 0 heterocycles. The molecule has 2 atom stereocenters. The molecule has 0 aromatic heterocycles. The molecule has 39 heavy (non-hydrogen) atoms. The van der Waals surface area contributed by atoms with Crippen LogP contribution in [0.15, 0.2) is 77.7 Å². The number of carbonyl (C=O) groups is 2. The largest absolute Gasteiger partial charge is 0.352 e. The molecule has 7 nitrogen and oxygen atoms in total. The number of nitrogens with one attached hydrogen (secondary N) is 1. The molecule has 0 unspecified atom stereocenters. The maximum Gasteiger partial charge on any atom is 0.264 e. The highest BCUT2D eigenvalue weighted by Gasteiger charge is 2.33. The lowest BCUT2D eigenvalue weighted by molar-refractivity contribution is -0.139. The smallest absolute Gasteiger partial charge is 0.264 e. The summed E-state index contributed by atoms with van der Waals surface area (Å²) in [5.41, 5.74) is 2.04. The van der Waals surface area contributed by atoms with Crippen molar-refractivity contribution >= 4 is 50.7 Å². The predicted molar refractivity (Wildman–Crippen MR) is 157 cm³/mol. The van der Waals surface area contributed by atoms with Crippen LogP contribution in [0.25, 0.3) is 0 Å². The molecule has 0 saturated heterocycles. The number of benzene rings is 3. The third kappa shape index (κ3) is 7.75. The van der Waals surface area contributed by atoms with Crippen LogP contribution >= 0.6 is 23.2 Å². The van der Waals surface area contributed by atoms with E-state index in [0.29, 0.717) is 0 Å². The van der Waals surface area contributed by atoms with E-state index < -0.39 is 28.5 Å². The number of nitrogens with zero attached hydrogens (tertiary/aromatic N) is 2. The van der Waals surface area contributed by atoms with Gasteiger partial charge in [-0.15, -0.1) is 0 Å². The van der Waals surface area contributed by atoms with Crippen LogP contribution in [-0.4, -0.2) is 43.8 Å². The topological polar surface area (TPSA) is 86.8 Å². The Morgan fingerprint density at radius 3 is 2.15 bits per heavy atom. The predicted octanol–water partition coefficient (Wildman–Crippen LogP) is 5.83. The summed E-state index contributed by atoms with van der Waals surface area (Å²) in [6.45, 7) is 7.00. The van der Waals surface area contributed by atoms with Crippen LogP contribution in [-0.2, 0) is 26.2 Å². The Morgan fingerprint density at radius 2 is 1.56 bits per heavy atom. The zero-order valence-corrected chi connectivity index (χ0v) is 24.7. The fraction of sp³-hybridized carbons (Fsp3) is 0.310. The van der Waals surface area contributed by atoms with E-state index in [9.17, 15) is 18.0 Å². The quantitative estimate of drug-likeness (QED) is 0.305. The Kier molecular flexibility index (Phi) is 10.4. The van der Waals surface area contributed by atoms with Crippen molar-refractivity contribution in [1.29, 1.82) is 0 Å². The number of anilines is 1. The van der Waals surface area contributed by atoms with E-state index in [1.807, 2.05) is 45.0 Å². The van der Waals surface area contributed by atoms with Crippen molar-refractivity contribution in [2.75, 3.05) is 10.8 Å². The van der Waals surface area contributed by atoms with Crippen LogP contribution in [0.3, 0.4) is 0 Å². The number of carbonyl (C=O) groups excluding carboxylic acids is 2. The van der Waals surface area contributed by atoms with Gasteiger partial charge in [0.05, 0.1) is 20.6 Å². The van der Waals surface area contributed by atoms with Crippen molar-refractivity contribution in [3.63, 3.8) is 0 Å². The standard InChI is InChI=1S/C29H33Cl2N3O4S/c1-5-21(3)32-29(36)22(4)33(18-23-13-11-20(2)12-14-23)28(35)19-34(24-15-16-26(30)27(31)17-24)39(37,38)25-9-7-6-8-10-25/h6-17,21-22H,5,18-19H2,1-4H3,(H,32,36)/t21-,22+/m1/s1. The Hall–Kier alpha value is -3.07. The molecule has 0 aliphatic heterocycles. The fourth-order valence-corrected chi connectivity index (χ4v) is 5.55. The first-order chi connectivity index (χ1) is 18.4. The number of aryl methyl sites for hydroxylation is 1. The SMILES string of the molecule is CC[C@@H](C)NC(=O)[C@H](C)N(Cc1ccc(C)cc1)C(=O)CN(c1ccc(Cl)c(Cl)c1)S(=O)(=O)c1ccccc1. The van der Waals surface area contributed by atoms with E-state index in [4.69, 9.17) is 23.2 Å². The Balaban J connectivity index is 2.03. The first-order valence-corrected chi connectivity index (χ1v) is 14.8. The minimum absolute atomic E-state index is 0.0107. The molecule has 2 amide bonds. The fourth-order valence-electron chi connectivity index (χ4n) is 3.83. The van der Waals surface area contributed by atoms with Crippen molar-refractivity contribution in [3.05, 3.63) is 94.0 Å². The van der Waals surface area contributed by atoms with Gasteiger partial charge in [0.15, 0.2) is 0 Å². The van der Waals surface area contributed by atoms with Gasteiger partial charge in [0.25, 0.3) is 10.0 Å². The van der Waals surface area contributed by atoms with Gasteiger partial charge in [-0.1, -0.05) is 78.2 Å². The average molecular weight is 591 g/mol. The van der Waals surface area contributed by atoms with E-state index in [1.165, 1.54) is 35.2 Å². The summed E-state index contributed by atoms with van der Waals surface area (Å²) in [7, 11) is -4.18. The van der Waals surface area contributed by atoms with Crippen LogP contribution in [0.2, 0.25) is 10.0 Å². The lowest BCUT2D eigenvalue weighted by Gasteiger charge is -2.32. The molecule has 3 rings (SSSR count). The third-order valence-electron chi connectivity index (χ3n) is 6.44. The molecule has 0 radical (unpaired) electrons. The number of hydrogen-bond acceptors (Lipinski definition) is 4. The molecule has 3 aromatic rings. The molecular formula is C29H33Cl2N3O4S. The monoisotopic (exact) mass is 589 g/mol. The highest BCUT2D eigenvalue weighted by atomic mass is 35.5. The maximum atomic E-state index is 13.9. The number of halogens is 2. The van der Waals surface area contributed by atoms with Crippen molar-refractivity contribution in [3.8, 4) is 0 Å². The highest BCUT2D eigenvalue weighted by molar-refractivity contribution is 7.92. The summed E-state index contributed by atoms with van der Waals surface area (Å²) >= 11 is 12.3. The molecule has 0 spiro atoms. The minimum atomic E-state index is -4.18. The summed E-state index contributed by atoms with van der Waals surface area (Å²) < 4.78 is 28.5. The number of sulfonamides is 1. The summed E-state index contributed by atoms with van der Waals surface area (Å²) in [6, 6.07) is 18.9. The van der Waals surface area contributed by atoms with E-state index in [-0.39, 0.29) is 39.1 Å². The molecule has 10 heteroatoms. The van der Waals surface area contributed by atoms with Gasteiger partial charge in [-0.3, -0.25) is 13.9 Å². The molecule has 208 valence electrons. The molecule has 1 N–H and O–H groups in total. The van der Waals surface area contributed by atoms with Crippen molar-refractivity contribution in [2.24, 2.45) is 0 Å². The van der Waals surface area contributed by atoms with Crippen LogP contribution in [0.5, 0.6) is 0 Å². The van der Waals surface area contributed by atoms with Crippen LogP contribution in [0.1, 0.15) is 38.3 Å². The first kappa shape index (κ1) is 30.5.